The fourth-order valence-electron chi connectivity index (χ4n) is 7.36. The van der Waals surface area contributed by atoms with Gasteiger partial charge in [-0.15, -0.1) is 0 Å². The fraction of sp³-hybridized carbons (Fsp3) is 0.712. The van der Waals surface area contributed by atoms with E-state index in [4.69, 9.17) is 14.2 Å². The summed E-state index contributed by atoms with van der Waals surface area (Å²) in [5, 5.41) is 0. The van der Waals surface area contributed by atoms with Crippen molar-refractivity contribution in [1.29, 1.82) is 0 Å². The maximum absolute atomic E-state index is 12.6. The van der Waals surface area contributed by atoms with Crippen LogP contribution in [0.2, 0.25) is 0 Å². The maximum Gasteiger partial charge on any atom is 0.306 e. The van der Waals surface area contributed by atoms with Gasteiger partial charge >= 0.3 is 17.9 Å². The first kappa shape index (κ1) is 61.6. The highest BCUT2D eigenvalue weighted by molar-refractivity contribution is 5.71. The Bertz CT molecular complexity index is 1270. The van der Waals surface area contributed by atoms with Gasteiger partial charge in [-0.2, -0.15) is 0 Å². The third-order valence-corrected chi connectivity index (χ3v) is 11.4. The van der Waals surface area contributed by atoms with Crippen molar-refractivity contribution in [3.05, 3.63) is 85.1 Å². The molecule has 0 saturated heterocycles. The average molecular weight is 905 g/mol. The SMILES string of the molecule is CC/C=C\C/C=C\C/C=C\C/C=C\C/C=C\C/C=C\C/C=C\CCCCCCCCCCCCCC(=O)OCC(COC(=O)CCCCCCCC)OC(=O)CCCCCCCCCC. The topological polar surface area (TPSA) is 78.9 Å². The van der Waals surface area contributed by atoms with Gasteiger partial charge in [0.25, 0.3) is 0 Å². The molecule has 0 aliphatic heterocycles. The Morgan fingerprint density at radius 3 is 0.938 bits per heavy atom. The highest BCUT2D eigenvalue weighted by Gasteiger charge is 2.19. The van der Waals surface area contributed by atoms with Crippen molar-refractivity contribution < 1.29 is 28.6 Å². The van der Waals surface area contributed by atoms with Crippen molar-refractivity contribution in [3.8, 4) is 0 Å². The molecule has 0 aromatic carbocycles. The molecule has 0 amide bonds. The summed E-state index contributed by atoms with van der Waals surface area (Å²) in [5.74, 6) is -0.892. The van der Waals surface area contributed by atoms with Gasteiger partial charge in [0.2, 0.25) is 0 Å². The standard InChI is InChI=1S/C59H100O6/c1-4-7-10-13-16-18-19-20-21-22-23-24-25-26-27-28-29-30-31-32-33-34-35-36-37-38-39-40-41-42-44-46-49-52-58(61)64-55-56(54-63-57(60)51-48-45-15-12-9-6-3)65-59(62)53-50-47-43-17-14-11-8-5-2/h7,10,16,18,20-21,23-24,26-27,29-30,32-33,56H,4-6,8-9,11-15,17,19,22,25,28,31,34-55H2,1-3H3/b10-7-,18-16-,21-20-,24-23-,27-26-,30-29-,33-32-. The molecular formula is C59H100O6. The fourth-order valence-corrected chi connectivity index (χ4v) is 7.36. The number of unbranched alkanes of at least 4 members (excludes halogenated alkanes) is 23. The molecule has 372 valence electrons. The maximum atomic E-state index is 12.6. The van der Waals surface area contributed by atoms with E-state index in [0.717, 1.165) is 103 Å². The minimum atomic E-state index is -0.768. The van der Waals surface area contributed by atoms with Gasteiger partial charge in [0.05, 0.1) is 0 Å². The minimum absolute atomic E-state index is 0.0746. The van der Waals surface area contributed by atoms with E-state index in [2.05, 4.69) is 106 Å². The van der Waals surface area contributed by atoms with E-state index >= 15 is 0 Å². The van der Waals surface area contributed by atoms with Crippen LogP contribution in [0.4, 0.5) is 0 Å². The second-order valence-electron chi connectivity index (χ2n) is 17.8. The van der Waals surface area contributed by atoms with Gasteiger partial charge in [-0.1, -0.05) is 241 Å². The van der Waals surface area contributed by atoms with Crippen LogP contribution in [0.15, 0.2) is 85.1 Å². The van der Waals surface area contributed by atoms with Crippen molar-refractivity contribution in [2.24, 2.45) is 0 Å². The van der Waals surface area contributed by atoms with Gasteiger partial charge in [-0.25, -0.2) is 0 Å². The molecule has 65 heavy (non-hydrogen) atoms. The van der Waals surface area contributed by atoms with Gasteiger partial charge in [-0.05, 0) is 77.0 Å². The lowest BCUT2D eigenvalue weighted by atomic mass is 10.0. The number of ether oxygens (including phenoxy) is 3. The van der Waals surface area contributed by atoms with E-state index in [1.165, 1.54) is 109 Å². The summed E-state index contributed by atoms with van der Waals surface area (Å²) in [5.41, 5.74) is 0. The Labute approximate surface area is 401 Å². The molecule has 0 rings (SSSR count). The van der Waals surface area contributed by atoms with Crippen LogP contribution in [0.1, 0.15) is 252 Å². The molecule has 0 aromatic heterocycles. The zero-order chi connectivity index (χ0) is 47.2. The molecule has 1 atom stereocenters. The zero-order valence-corrected chi connectivity index (χ0v) is 42.5. The molecule has 6 heteroatoms. The van der Waals surface area contributed by atoms with Crippen LogP contribution >= 0.6 is 0 Å². The van der Waals surface area contributed by atoms with E-state index < -0.39 is 6.10 Å². The van der Waals surface area contributed by atoms with Crippen LogP contribution in [-0.2, 0) is 28.6 Å². The molecule has 0 N–H and O–H groups in total. The van der Waals surface area contributed by atoms with Crippen LogP contribution in [0.25, 0.3) is 0 Å². The highest BCUT2D eigenvalue weighted by atomic mass is 16.6. The smallest absolute Gasteiger partial charge is 0.306 e. The third-order valence-electron chi connectivity index (χ3n) is 11.4. The van der Waals surface area contributed by atoms with Crippen LogP contribution in [-0.4, -0.2) is 37.2 Å². The van der Waals surface area contributed by atoms with Crippen molar-refractivity contribution in [1.82, 2.24) is 0 Å². The van der Waals surface area contributed by atoms with Crippen LogP contribution in [0.3, 0.4) is 0 Å². The Kier molecular flexibility index (Phi) is 50.4. The van der Waals surface area contributed by atoms with E-state index in [1.807, 2.05) is 0 Å². The van der Waals surface area contributed by atoms with Gasteiger partial charge in [0.15, 0.2) is 6.10 Å². The summed E-state index contributed by atoms with van der Waals surface area (Å²) in [6.45, 7) is 6.42. The summed E-state index contributed by atoms with van der Waals surface area (Å²) in [6, 6.07) is 0. The zero-order valence-electron chi connectivity index (χ0n) is 42.5. The van der Waals surface area contributed by atoms with Gasteiger partial charge in [-0.3, -0.25) is 14.4 Å². The summed E-state index contributed by atoms with van der Waals surface area (Å²) < 4.78 is 16.6. The number of hydrogen-bond acceptors (Lipinski definition) is 6. The number of hydrogen-bond donors (Lipinski definition) is 0. The summed E-state index contributed by atoms with van der Waals surface area (Å²) in [4.78, 5) is 37.6. The molecule has 0 aliphatic carbocycles. The number of carbonyl (C=O) groups is 3. The van der Waals surface area contributed by atoms with E-state index in [1.54, 1.807) is 0 Å². The lowest BCUT2D eigenvalue weighted by molar-refractivity contribution is -0.167. The van der Waals surface area contributed by atoms with Crippen LogP contribution in [0, 0.1) is 0 Å². The second kappa shape index (κ2) is 53.2. The normalized spacial score (nSPS) is 12.7. The van der Waals surface area contributed by atoms with Gasteiger partial charge in [0.1, 0.15) is 13.2 Å². The molecule has 0 aliphatic rings. The molecule has 0 fully saturated rings. The van der Waals surface area contributed by atoms with Crippen molar-refractivity contribution in [3.63, 3.8) is 0 Å². The third kappa shape index (κ3) is 51.4. The van der Waals surface area contributed by atoms with E-state index in [9.17, 15) is 14.4 Å². The van der Waals surface area contributed by atoms with Gasteiger partial charge < -0.3 is 14.2 Å². The van der Waals surface area contributed by atoms with E-state index in [0.29, 0.717) is 19.3 Å². The highest BCUT2D eigenvalue weighted by Crippen LogP contribution is 2.15. The number of esters is 3. The Hall–Kier alpha value is -3.41. The molecule has 0 bridgehead atoms. The minimum Gasteiger partial charge on any atom is -0.462 e. The van der Waals surface area contributed by atoms with Gasteiger partial charge in [0, 0.05) is 19.3 Å². The molecule has 0 heterocycles. The molecule has 0 radical (unpaired) electrons. The summed E-state index contributed by atoms with van der Waals surface area (Å²) in [7, 11) is 0. The number of allylic oxidation sites excluding steroid dienone is 14. The number of carbonyl (C=O) groups excluding carboxylic acids is 3. The molecule has 0 aromatic rings. The number of rotatable bonds is 48. The molecular weight excluding hydrogens is 805 g/mol. The first-order valence-electron chi connectivity index (χ1n) is 27.1. The monoisotopic (exact) mass is 905 g/mol. The van der Waals surface area contributed by atoms with Crippen molar-refractivity contribution in [2.75, 3.05) is 13.2 Å². The molecule has 0 saturated carbocycles. The Balaban J connectivity index is 3.95. The van der Waals surface area contributed by atoms with Crippen molar-refractivity contribution >= 4 is 17.9 Å². The Morgan fingerprint density at radius 1 is 0.323 bits per heavy atom. The first-order valence-corrected chi connectivity index (χ1v) is 27.1. The van der Waals surface area contributed by atoms with E-state index in [-0.39, 0.29) is 31.1 Å². The van der Waals surface area contributed by atoms with Crippen molar-refractivity contribution in [2.45, 2.75) is 258 Å². The first-order chi connectivity index (χ1) is 32.0. The molecule has 1 unspecified atom stereocenters. The molecule has 6 nitrogen and oxygen atoms in total. The largest absolute Gasteiger partial charge is 0.462 e. The molecule has 0 spiro atoms. The summed E-state index contributed by atoms with van der Waals surface area (Å²) in [6.07, 6.45) is 69.1. The quantitative estimate of drug-likeness (QED) is 0.0262. The Morgan fingerprint density at radius 2 is 0.600 bits per heavy atom. The van der Waals surface area contributed by atoms with Crippen LogP contribution < -0.4 is 0 Å². The lowest BCUT2D eigenvalue weighted by Gasteiger charge is -2.18. The predicted molar refractivity (Wildman–Crippen MR) is 279 cm³/mol. The van der Waals surface area contributed by atoms with Crippen LogP contribution in [0.5, 0.6) is 0 Å². The lowest BCUT2D eigenvalue weighted by Crippen LogP contribution is -2.30. The second-order valence-corrected chi connectivity index (χ2v) is 17.8. The predicted octanol–water partition coefficient (Wildman–Crippen LogP) is 18.0. The average Bonchev–Trinajstić information content (AvgIpc) is 3.30. The summed E-state index contributed by atoms with van der Waals surface area (Å²) >= 11 is 0.